The summed E-state index contributed by atoms with van der Waals surface area (Å²) in [5, 5.41) is 12.1. The van der Waals surface area contributed by atoms with Crippen LogP contribution in [0, 0.1) is 0 Å². The van der Waals surface area contributed by atoms with Crippen molar-refractivity contribution < 1.29 is 9.90 Å². The topological polar surface area (TPSA) is 50.2 Å². The van der Waals surface area contributed by atoms with Crippen LogP contribution in [-0.2, 0) is 0 Å². The highest BCUT2D eigenvalue weighted by Crippen LogP contribution is 2.36. The second kappa shape index (κ2) is 5.76. The van der Waals surface area contributed by atoms with Crippen molar-refractivity contribution in [2.24, 2.45) is 0 Å². The minimum atomic E-state index is -0.979. The summed E-state index contributed by atoms with van der Waals surface area (Å²) in [6, 6.07) is 14.8. The Morgan fingerprint density at radius 3 is 2.43 bits per heavy atom. The summed E-state index contributed by atoms with van der Waals surface area (Å²) in [5.41, 5.74) is 0.203. The molecular weight excluding hydrogens is 306 g/mol. The molecule has 0 saturated heterocycles. The zero-order valence-corrected chi connectivity index (χ0v) is 12.4. The van der Waals surface area contributed by atoms with Crippen molar-refractivity contribution in [3.8, 4) is 0 Å². The maximum absolute atomic E-state index is 11.3. The molecule has 0 aliphatic rings. The Morgan fingerprint density at radius 1 is 1.05 bits per heavy atom. The molecule has 3 aromatic rings. The van der Waals surface area contributed by atoms with Crippen LogP contribution in [0.3, 0.4) is 0 Å². The largest absolute Gasteiger partial charge is 0.478 e. The number of carboxylic acids is 1. The molecule has 1 N–H and O–H groups in total. The molecule has 0 unspecified atom stereocenters. The third kappa shape index (κ3) is 2.73. The quantitative estimate of drug-likeness (QED) is 0.758. The number of nitrogens with zero attached hydrogens (tertiary/aromatic N) is 1. The van der Waals surface area contributed by atoms with Gasteiger partial charge < -0.3 is 5.11 Å². The summed E-state index contributed by atoms with van der Waals surface area (Å²) in [6.07, 6.45) is 1.39. The zero-order valence-electron chi connectivity index (χ0n) is 10.8. The first-order chi connectivity index (χ1) is 10.2. The van der Waals surface area contributed by atoms with E-state index < -0.39 is 5.97 Å². The van der Waals surface area contributed by atoms with Crippen molar-refractivity contribution >= 4 is 40.1 Å². The van der Waals surface area contributed by atoms with Crippen molar-refractivity contribution in [1.82, 2.24) is 4.98 Å². The highest BCUT2D eigenvalue weighted by Gasteiger charge is 2.13. The number of fused-ring (bicyclic) bond motifs is 1. The summed E-state index contributed by atoms with van der Waals surface area (Å²) in [4.78, 5) is 16.4. The van der Waals surface area contributed by atoms with E-state index in [9.17, 15) is 9.90 Å². The lowest BCUT2D eigenvalue weighted by Gasteiger charge is -2.08. The van der Waals surface area contributed by atoms with E-state index in [4.69, 9.17) is 11.6 Å². The van der Waals surface area contributed by atoms with Crippen LogP contribution in [0.4, 0.5) is 0 Å². The van der Waals surface area contributed by atoms with Gasteiger partial charge in [0.1, 0.15) is 5.03 Å². The molecule has 0 bridgehead atoms. The van der Waals surface area contributed by atoms with E-state index in [-0.39, 0.29) is 5.56 Å². The number of benzene rings is 2. The lowest BCUT2D eigenvalue weighted by Crippen LogP contribution is -1.99. The predicted octanol–water partition coefficient (Wildman–Crippen LogP) is 4.74. The molecule has 1 aromatic heterocycles. The fourth-order valence-corrected chi connectivity index (χ4v) is 3.22. The van der Waals surface area contributed by atoms with E-state index >= 15 is 0 Å². The second-order valence-electron chi connectivity index (χ2n) is 4.36. The van der Waals surface area contributed by atoms with E-state index in [0.717, 1.165) is 15.3 Å². The van der Waals surface area contributed by atoms with Crippen LogP contribution < -0.4 is 0 Å². The average Bonchev–Trinajstić information content (AvgIpc) is 2.49. The van der Waals surface area contributed by atoms with Crippen LogP contribution in [-0.4, -0.2) is 16.1 Å². The van der Waals surface area contributed by atoms with Crippen molar-refractivity contribution in [3.05, 3.63) is 65.3 Å². The summed E-state index contributed by atoms with van der Waals surface area (Å²) < 4.78 is 0. The van der Waals surface area contributed by atoms with Gasteiger partial charge in [-0.15, -0.1) is 0 Å². The Kier molecular flexibility index (Phi) is 3.82. The SMILES string of the molecule is O=C(O)c1cnc(Sc2ccccc2Cl)c2ccccc12. The zero-order chi connectivity index (χ0) is 14.8. The monoisotopic (exact) mass is 315 g/mol. The molecule has 0 spiro atoms. The van der Waals surface area contributed by atoms with E-state index in [2.05, 4.69) is 4.98 Å². The molecule has 3 nitrogen and oxygen atoms in total. The van der Waals surface area contributed by atoms with E-state index in [1.165, 1.54) is 18.0 Å². The standard InChI is InChI=1S/C16H10ClNO2S/c17-13-7-3-4-8-14(13)21-15-11-6-2-1-5-10(11)12(9-18-15)16(19)20/h1-9H,(H,19,20). The normalized spacial score (nSPS) is 10.7. The third-order valence-electron chi connectivity index (χ3n) is 3.03. The van der Waals surface area contributed by atoms with Crippen molar-refractivity contribution in [2.45, 2.75) is 9.92 Å². The molecule has 0 aliphatic carbocycles. The van der Waals surface area contributed by atoms with E-state index in [0.29, 0.717) is 10.4 Å². The van der Waals surface area contributed by atoms with Crippen LogP contribution in [0.2, 0.25) is 5.02 Å². The smallest absolute Gasteiger partial charge is 0.337 e. The number of rotatable bonds is 3. The molecule has 2 aromatic carbocycles. The van der Waals surface area contributed by atoms with Gasteiger partial charge in [0.25, 0.3) is 0 Å². The van der Waals surface area contributed by atoms with Crippen LogP contribution in [0.1, 0.15) is 10.4 Å². The molecule has 0 amide bonds. The minimum absolute atomic E-state index is 0.203. The third-order valence-corrected chi connectivity index (χ3v) is 4.57. The molecule has 0 fully saturated rings. The molecular formula is C16H10ClNO2S. The Hall–Kier alpha value is -2.04. The van der Waals surface area contributed by atoms with Crippen LogP contribution in [0.5, 0.6) is 0 Å². The molecule has 21 heavy (non-hydrogen) atoms. The van der Waals surface area contributed by atoms with Crippen LogP contribution >= 0.6 is 23.4 Å². The lowest BCUT2D eigenvalue weighted by atomic mass is 10.1. The van der Waals surface area contributed by atoms with Gasteiger partial charge in [-0.05, 0) is 12.1 Å². The Balaban J connectivity index is 2.14. The molecule has 3 rings (SSSR count). The molecule has 104 valence electrons. The molecule has 0 saturated carbocycles. The van der Waals surface area contributed by atoms with Crippen molar-refractivity contribution in [1.29, 1.82) is 0 Å². The van der Waals surface area contributed by atoms with Crippen molar-refractivity contribution in [2.75, 3.05) is 0 Å². The molecule has 0 atom stereocenters. The number of hydrogen-bond donors (Lipinski definition) is 1. The first kappa shape index (κ1) is 13.9. The van der Waals surface area contributed by atoms with E-state index in [1.807, 2.05) is 42.5 Å². The van der Waals surface area contributed by atoms with Crippen molar-refractivity contribution in [3.63, 3.8) is 0 Å². The Bertz CT molecular complexity index is 835. The maximum atomic E-state index is 11.3. The Morgan fingerprint density at radius 2 is 1.71 bits per heavy atom. The summed E-state index contributed by atoms with van der Waals surface area (Å²) in [5.74, 6) is -0.979. The molecule has 5 heteroatoms. The molecule has 0 aliphatic heterocycles. The number of pyridine rings is 1. The summed E-state index contributed by atoms with van der Waals surface area (Å²) in [7, 11) is 0. The van der Waals surface area contributed by atoms with E-state index in [1.54, 1.807) is 6.07 Å². The maximum Gasteiger partial charge on any atom is 0.337 e. The lowest BCUT2D eigenvalue weighted by molar-refractivity contribution is 0.0698. The number of halogens is 1. The van der Waals surface area contributed by atoms with Gasteiger partial charge >= 0.3 is 5.97 Å². The van der Waals surface area contributed by atoms with Gasteiger partial charge in [0.05, 0.1) is 10.6 Å². The predicted molar refractivity (Wildman–Crippen MR) is 84.3 cm³/mol. The van der Waals surface area contributed by atoms with Gasteiger partial charge in [0, 0.05) is 21.9 Å². The average molecular weight is 316 g/mol. The minimum Gasteiger partial charge on any atom is -0.478 e. The highest BCUT2D eigenvalue weighted by atomic mass is 35.5. The first-order valence-corrected chi connectivity index (χ1v) is 7.39. The fraction of sp³-hybridized carbons (Fsp3) is 0. The van der Waals surface area contributed by atoms with Gasteiger partial charge in [-0.25, -0.2) is 9.78 Å². The van der Waals surface area contributed by atoms with Gasteiger partial charge in [0.15, 0.2) is 0 Å². The second-order valence-corrected chi connectivity index (χ2v) is 5.80. The molecule has 0 radical (unpaired) electrons. The first-order valence-electron chi connectivity index (χ1n) is 6.20. The van der Waals surface area contributed by atoms with Gasteiger partial charge in [-0.1, -0.05) is 59.8 Å². The number of aromatic carboxylic acids is 1. The van der Waals surface area contributed by atoms with Crippen LogP contribution in [0.25, 0.3) is 10.8 Å². The van der Waals surface area contributed by atoms with Gasteiger partial charge in [0.2, 0.25) is 0 Å². The Labute approximate surface area is 130 Å². The number of aromatic nitrogens is 1. The highest BCUT2D eigenvalue weighted by molar-refractivity contribution is 7.99. The fourth-order valence-electron chi connectivity index (χ4n) is 2.05. The number of carboxylic acid groups (broad SMARTS) is 1. The van der Waals surface area contributed by atoms with Gasteiger partial charge in [-0.3, -0.25) is 0 Å². The number of carbonyl (C=O) groups is 1. The van der Waals surface area contributed by atoms with Gasteiger partial charge in [-0.2, -0.15) is 0 Å². The summed E-state index contributed by atoms with van der Waals surface area (Å²) >= 11 is 7.59. The summed E-state index contributed by atoms with van der Waals surface area (Å²) in [6.45, 7) is 0. The number of hydrogen-bond acceptors (Lipinski definition) is 3. The molecule has 1 heterocycles. The van der Waals surface area contributed by atoms with Crippen LogP contribution in [0.15, 0.2) is 64.6 Å².